The number of rotatable bonds is 5. The third kappa shape index (κ3) is 3.71. The molecule has 0 saturated heterocycles. The Morgan fingerprint density at radius 1 is 1.21 bits per heavy atom. The number of alkyl halides is 1. The first-order chi connectivity index (χ1) is 9.24. The fourth-order valence-corrected chi connectivity index (χ4v) is 2.84. The van der Waals surface area contributed by atoms with E-state index in [1.54, 1.807) is 0 Å². The first-order valence-corrected chi connectivity index (χ1v) is 7.55. The Morgan fingerprint density at radius 2 is 1.95 bits per heavy atom. The molecule has 0 aliphatic heterocycles. The van der Waals surface area contributed by atoms with Crippen molar-refractivity contribution in [3.05, 3.63) is 58.3 Å². The van der Waals surface area contributed by atoms with Gasteiger partial charge in [-0.05, 0) is 42.3 Å². The van der Waals surface area contributed by atoms with Crippen LogP contribution < -0.4 is 4.90 Å². The maximum atomic E-state index is 5.88. The van der Waals surface area contributed by atoms with E-state index in [2.05, 4.69) is 50.9 Å². The molecular formula is C15H16BrClN2. The highest BCUT2D eigenvalue weighted by atomic mass is 79.9. The summed E-state index contributed by atoms with van der Waals surface area (Å²) in [6, 6.07) is 10.4. The Labute approximate surface area is 127 Å². The summed E-state index contributed by atoms with van der Waals surface area (Å²) in [5.41, 5.74) is 3.57. The molecule has 0 aliphatic rings. The molecule has 0 N–H and O–H groups in total. The lowest BCUT2D eigenvalue weighted by Crippen LogP contribution is -2.22. The van der Waals surface area contributed by atoms with E-state index < -0.39 is 0 Å². The molecular weight excluding hydrogens is 324 g/mol. The summed E-state index contributed by atoms with van der Waals surface area (Å²) in [4.78, 5) is 6.36. The van der Waals surface area contributed by atoms with Crippen LogP contribution in [-0.2, 0) is 12.4 Å². The normalized spacial score (nSPS) is 10.5. The van der Waals surface area contributed by atoms with Gasteiger partial charge in [0.25, 0.3) is 0 Å². The molecule has 1 aromatic heterocycles. The number of halogens is 2. The topological polar surface area (TPSA) is 16.1 Å². The van der Waals surface area contributed by atoms with E-state index in [1.807, 2.05) is 24.5 Å². The van der Waals surface area contributed by atoms with Crippen molar-refractivity contribution in [3.63, 3.8) is 0 Å². The number of pyridine rings is 1. The van der Waals surface area contributed by atoms with Crippen LogP contribution in [0.4, 0.5) is 5.69 Å². The summed E-state index contributed by atoms with van der Waals surface area (Å²) in [5, 5.41) is 0. The monoisotopic (exact) mass is 338 g/mol. The Kier molecular flexibility index (Phi) is 5.23. The number of anilines is 1. The zero-order chi connectivity index (χ0) is 13.7. The largest absolute Gasteiger partial charge is 0.367 e. The van der Waals surface area contributed by atoms with Gasteiger partial charge in [0.2, 0.25) is 0 Å². The molecule has 19 heavy (non-hydrogen) atoms. The minimum absolute atomic E-state index is 0.525. The van der Waals surface area contributed by atoms with Gasteiger partial charge in [-0.15, -0.1) is 11.6 Å². The molecule has 0 amide bonds. The van der Waals surface area contributed by atoms with E-state index in [1.165, 1.54) is 11.3 Å². The van der Waals surface area contributed by atoms with E-state index >= 15 is 0 Å². The van der Waals surface area contributed by atoms with Gasteiger partial charge in [-0.1, -0.05) is 22.0 Å². The zero-order valence-corrected chi connectivity index (χ0v) is 13.2. The SMILES string of the molecule is CCN(Cc1ccncc1)c1ccc(CCl)c(Br)c1. The van der Waals surface area contributed by atoms with E-state index in [4.69, 9.17) is 11.6 Å². The van der Waals surface area contributed by atoms with Crippen LogP contribution in [0.15, 0.2) is 47.2 Å². The van der Waals surface area contributed by atoms with E-state index in [0.29, 0.717) is 5.88 Å². The standard InChI is InChI=1S/C15H16BrClN2/c1-2-19(11-12-5-7-18-8-6-12)14-4-3-13(10-17)15(16)9-14/h3-9H,2,10-11H2,1H3. The summed E-state index contributed by atoms with van der Waals surface area (Å²) < 4.78 is 1.06. The number of hydrogen-bond acceptors (Lipinski definition) is 2. The second-order valence-corrected chi connectivity index (χ2v) is 5.40. The third-order valence-electron chi connectivity index (χ3n) is 3.05. The molecule has 0 fully saturated rings. The minimum atomic E-state index is 0.525. The van der Waals surface area contributed by atoms with Gasteiger partial charge < -0.3 is 4.90 Å². The van der Waals surface area contributed by atoms with Crippen LogP contribution >= 0.6 is 27.5 Å². The van der Waals surface area contributed by atoms with Crippen molar-refractivity contribution in [1.29, 1.82) is 0 Å². The molecule has 2 rings (SSSR count). The first kappa shape index (κ1) is 14.4. The quantitative estimate of drug-likeness (QED) is 0.740. The third-order valence-corrected chi connectivity index (χ3v) is 4.08. The highest BCUT2D eigenvalue weighted by molar-refractivity contribution is 9.10. The minimum Gasteiger partial charge on any atom is -0.367 e. The fraction of sp³-hybridized carbons (Fsp3) is 0.267. The lowest BCUT2D eigenvalue weighted by atomic mass is 10.2. The van der Waals surface area contributed by atoms with Crippen LogP contribution in [0.5, 0.6) is 0 Å². The van der Waals surface area contributed by atoms with Crippen LogP contribution in [0.25, 0.3) is 0 Å². The fourth-order valence-electron chi connectivity index (χ4n) is 1.94. The zero-order valence-electron chi connectivity index (χ0n) is 10.8. The number of nitrogens with zero attached hydrogens (tertiary/aromatic N) is 2. The van der Waals surface area contributed by atoms with E-state index in [-0.39, 0.29) is 0 Å². The van der Waals surface area contributed by atoms with Crippen molar-refractivity contribution in [1.82, 2.24) is 4.98 Å². The van der Waals surface area contributed by atoms with Crippen LogP contribution in [0.3, 0.4) is 0 Å². The van der Waals surface area contributed by atoms with Crippen LogP contribution in [0, 0.1) is 0 Å². The Hall–Kier alpha value is -1.06. The summed E-state index contributed by atoms with van der Waals surface area (Å²) in [5.74, 6) is 0.525. The molecule has 1 heterocycles. The van der Waals surface area contributed by atoms with E-state index in [9.17, 15) is 0 Å². The molecule has 0 unspecified atom stereocenters. The second kappa shape index (κ2) is 6.92. The van der Waals surface area contributed by atoms with Crippen LogP contribution in [-0.4, -0.2) is 11.5 Å². The number of benzene rings is 1. The van der Waals surface area contributed by atoms with Gasteiger partial charge in [-0.25, -0.2) is 0 Å². The molecule has 0 radical (unpaired) electrons. The number of aromatic nitrogens is 1. The molecule has 0 aliphatic carbocycles. The average molecular weight is 340 g/mol. The Balaban J connectivity index is 2.20. The lowest BCUT2D eigenvalue weighted by Gasteiger charge is -2.24. The smallest absolute Gasteiger partial charge is 0.0485 e. The summed E-state index contributed by atoms with van der Waals surface area (Å²) in [6.07, 6.45) is 3.66. The number of hydrogen-bond donors (Lipinski definition) is 0. The van der Waals surface area contributed by atoms with Crippen LogP contribution in [0.2, 0.25) is 0 Å². The van der Waals surface area contributed by atoms with Crippen LogP contribution in [0.1, 0.15) is 18.1 Å². The molecule has 0 bridgehead atoms. The van der Waals surface area contributed by atoms with Crippen molar-refractivity contribution in [3.8, 4) is 0 Å². The molecule has 2 aromatic rings. The van der Waals surface area contributed by atoms with Crippen molar-refractivity contribution in [2.75, 3.05) is 11.4 Å². The lowest BCUT2D eigenvalue weighted by molar-refractivity contribution is 0.829. The molecule has 4 heteroatoms. The highest BCUT2D eigenvalue weighted by Gasteiger charge is 2.07. The van der Waals surface area contributed by atoms with Gasteiger partial charge in [0.15, 0.2) is 0 Å². The maximum absolute atomic E-state index is 5.88. The molecule has 1 aromatic carbocycles. The van der Waals surface area contributed by atoms with E-state index in [0.717, 1.165) is 23.1 Å². The molecule has 0 saturated carbocycles. The van der Waals surface area contributed by atoms with Crippen molar-refractivity contribution < 1.29 is 0 Å². The summed E-state index contributed by atoms with van der Waals surface area (Å²) in [6.45, 7) is 3.99. The molecule has 100 valence electrons. The first-order valence-electron chi connectivity index (χ1n) is 6.22. The van der Waals surface area contributed by atoms with Crippen molar-refractivity contribution in [2.24, 2.45) is 0 Å². The van der Waals surface area contributed by atoms with Gasteiger partial charge >= 0.3 is 0 Å². The van der Waals surface area contributed by atoms with Gasteiger partial charge in [0.05, 0.1) is 0 Å². The Bertz CT molecular complexity index is 531. The molecule has 0 atom stereocenters. The highest BCUT2D eigenvalue weighted by Crippen LogP contribution is 2.26. The Morgan fingerprint density at radius 3 is 2.53 bits per heavy atom. The average Bonchev–Trinajstić information content (AvgIpc) is 2.46. The van der Waals surface area contributed by atoms with Crippen molar-refractivity contribution >= 4 is 33.2 Å². The summed E-state index contributed by atoms with van der Waals surface area (Å²) >= 11 is 9.45. The van der Waals surface area contributed by atoms with Gasteiger partial charge in [-0.3, -0.25) is 4.98 Å². The predicted molar refractivity (Wildman–Crippen MR) is 84.7 cm³/mol. The second-order valence-electron chi connectivity index (χ2n) is 4.28. The summed E-state index contributed by atoms with van der Waals surface area (Å²) in [7, 11) is 0. The van der Waals surface area contributed by atoms with Gasteiger partial charge in [-0.2, -0.15) is 0 Å². The van der Waals surface area contributed by atoms with Crippen molar-refractivity contribution in [2.45, 2.75) is 19.3 Å². The maximum Gasteiger partial charge on any atom is 0.0485 e. The predicted octanol–water partition coefficient (Wildman–Crippen LogP) is 4.61. The van der Waals surface area contributed by atoms with Gasteiger partial charge in [0, 0.05) is 41.5 Å². The molecule has 0 spiro atoms. The van der Waals surface area contributed by atoms with Gasteiger partial charge in [0.1, 0.15) is 0 Å². The molecule has 2 nitrogen and oxygen atoms in total.